The van der Waals surface area contributed by atoms with E-state index in [0.717, 1.165) is 12.8 Å². The number of hydrogen-bond acceptors (Lipinski definition) is 4. The molecule has 0 radical (unpaired) electrons. The van der Waals surface area contributed by atoms with Gasteiger partial charge in [0, 0.05) is 6.21 Å². The molecule has 0 aliphatic carbocycles. The topological polar surface area (TPSA) is 59.9 Å². The van der Waals surface area contributed by atoms with Gasteiger partial charge in [0.2, 0.25) is 6.10 Å². The van der Waals surface area contributed by atoms with Crippen molar-refractivity contribution in [3.8, 4) is 11.5 Å². The van der Waals surface area contributed by atoms with Crippen LogP contribution in [0.3, 0.4) is 0 Å². The predicted molar refractivity (Wildman–Crippen MR) is 87.8 cm³/mol. The van der Waals surface area contributed by atoms with Crippen molar-refractivity contribution in [1.82, 2.24) is 5.43 Å². The normalized spacial score (nSPS) is 16.3. The zero-order valence-electron chi connectivity index (χ0n) is 12.6. The van der Waals surface area contributed by atoms with E-state index in [4.69, 9.17) is 9.47 Å². The van der Waals surface area contributed by atoms with Crippen molar-refractivity contribution in [2.45, 2.75) is 18.9 Å². The lowest BCUT2D eigenvalue weighted by molar-refractivity contribution is -0.130. The predicted octanol–water partition coefficient (Wildman–Crippen LogP) is 2.56. The number of ether oxygens (including phenoxy) is 2. The number of rotatable bonds is 5. The number of amides is 1. The van der Waals surface area contributed by atoms with Gasteiger partial charge in [-0.1, -0.05) is 42.5 Å². The molecule has 1 aliphatic heterocycles. The van der Waals surface area contributed by atoms with E-state index in [0.29, 0.717) is 11.5 Å². The lowest BCUT2D eigenvalue weighted by atomic mass is 10.1. The molecule has 23 heavy (non-hydrogen) atoms. The Bertz CT molecular complexity index is 686. The molecule has 0 bridgehead atoms. The number of benzene rings is 2. The van der Waals surface area contributed by atoms with E-state index >= 15 is 0 Å². The summed E-state index contributed by atoms with van der Waals surface area (Å²) >= 11 is 0. The average molecular weight is 310 g/mol. The number of hydrogen-bond donors (Lipinski definition) is 1. The Kier molecular flexibility index (Phi) is 4.88. The Morgan fingerprint density at radius 1 is 1.13 bits per heavy atom. The van der Waals surface area contributed by atoms with Crippen LogP contribution >= 0.6 is 0 Å². The molecule has 5 nitrogen and oxygen atoms in total. The van der Waals surface area contributed by atoms with Crippen molar-refractivity contribution < 1.29 is 14.3 Å². The van der Waals surface area contributed by atoms with Gasteiger partial charge in [-0.15, -0.1) is 0 Å². The van der Waals surface area contributed by atoms with E-state index in [1.165, 1.54) is 5.56 Å². The molecule has 0 fully saturated rings. The number of carbonyl (C=O) groups is 1. The van der Waals surface area contributed by atoms with E-state index in [1.54, 1.807) is 12.3 Å². The minimum absolute atomic E-state index is 0.183. The van der Waals surface area contributed by atoms with Gasteiger partial charge in [0.15, 0.2) is 11.5 Å². The number of nitrogens with one attached hydrogen (secondary N) is 1. The first-order valence-corrected chi connectivity index (χ1v) is 7.57. The summed E-state index contributed by atoms with van der Waals surface area (Å²) in [6.07, 6.45) is 2.66. The van der Waals surface area contributed by atoms with E-state index in [1.807, 2.05) is 36.4 Å². The van der Waals surface area contributed by atoms with Crippen LogP contribution in [-0.2, 0) is 11.2 Å². The second-order valence-corrected chi connectivity index (χ2v) is 5.18. The molecule has 2 aromatic carbocycles. The molecule has 3 rings (SSSR count). The molecule has 0 unspecified atom stereocenters. The maximum absolute atomic E-state index is 12.0. The molecule has 118 valence electrons. The van der Waals surface area contributed by atoms with E-state index in [9.17, 15) is 4.79 Å². The summed E-state index contributed by atoms with van der Waals surface area (Å²) in [7, 11) is 0. The molecule has 0 saturated carbocycles. The quantitative estimate of drug-likeness (QED) is 0.682. The van der Waals surface area contributed by atoms with Crippen LogP contribution in [0, 0.1) is 0 Å². The Hall–Kier alpha value is -2.82. The van der Waals surface area contributed by atoms with Crippen molar-refractivity contribution in [2.24, 2.45) is 5.10 Å². The summed E-state index contributed by atoms with van der Waals surface area (Å²) < 4.78 is 11.1. The van der Waals surface area contributed by atoms with Gasteiger partial charge in [-0.3, -0.25) is 4.79 Å². The van der Waals surface area contributed by atoms with Crippen LogP contribution in [0.2, 0.25) is 0 Å². The van der Waals surface area contributed by atoms with Gasteiger partial charge in [-0.2, -0.15) is 5.10 Å². The first-order valence-electron chi connectivity index (χ1n) is 7.57. The fourth-order valence-corrected chi connectivity index (χ4v) is 2.27. The maximum Gasteiger partial charge on any atom is 0.284 e. The van der Waals surface area contributed by atoms with Crippen molar-refractivity contribution in [3.63, 3.8) is 0 Å². The smallest absolute Gasteiger partial charge is 0.284 e. The lowest BCUT2D eigenvalue weighted by Gasteiger charge is -2.24. The molecule has 0 spiro atoms. The fraction of sp³-hybridized carbons (Fsp3) is 0.222. The minimum atomic E-state index is -0.684. The molecule has 2 aromatic rings. The van der Waals surface area contributed by atoms with Crippen molar-refractivity contribution in [1.29, 1.82) is 0 Å². The van der Waals surface area contributed by atoms with Gasteiger partial charge < -0.3 is 9.47 Å². The van der Waals surface area contributed by atoms with Gasteiger partial charge in [-0.25, -0.2) is 5.43 Å². The molecule has 5 heteroatoms. The van der Waals surface area contributed by atoms with Crippen LogP contribution in [-0.4, -0.2) is 24.8 Å². The van der Waals surface area contributed by atoms with Gasteiger partial charge >= 0.3 is 0 Å². The maximum atomic E-state index is 12.0. The zero-order valence-corrected chi connectivity index (χ0v) is 12.6. The molecular weight excluding hydrogens is 292 g/mol. The third-order valence-corrected chi connectivity index (χ3v) is 3.47. The molecule has 1 atom stereocenters. The highest BCUT2D eigenvalue weighted by atomic mass is 16.6. The second kappa shape index (κ2) is 7.45. The number of aryl methyl sites for hydroxylation is 1. The largest absolute Gasteiger partial charge is 0.485 e. The molecule has 0 aromatic heterocycles. The SMILES string of the molecule is O=C(N/N=C\CCc1ccccc1)[C@@H]1COc2ccccc2O1. The Balaban J connectivity index is 1.44. The highest BCUT2D eigenvalue weighted by Gasteiger charge is 2.26. The zero-order chi connectivity index (χ0) is 15.9. The van der Waals surface area contributed by atoms with Gasteiger partial charge in [0.25, 0.3) is 5.91 Å². The molecule has 1 amide bonds. The Labute approximate surface area is 134 Å². The molecule has 1 aliphatic rings. The van der Waals surface area contributed by atoms with Crippen molar-refractivity contribution in [2.75, 3.05) is 6.61 Å². The third-order valence-electron chi connectivity index (χ3n) is 3.47. The van der Waals surface area contributed by atoms with Gasteiger partial charge in [0.05, 0.1) is 0 Å². The Morgan fingerprint density at radius 2 is 1.87 bits per heavy atom. The molecule has 0 saturated heterocycles. The number of fused-ring (bicyclic) bond motifs is 1. The van der Waals surface area contributed by atoms with Gasteiger partial charge in [-0.05, 0) is 30.5 Å². The molecule has 1 heterocycles. The lowest BCUT2D eigenvalue weighted by Crippen LogP contribution is -2.42. The van der Waals surface area contributed by atoms with Crippen LogP contribution in [0.5, 0.6) is 11.5 Å². The van der Waals surface area contributed by atoms with Crippen molar-refractivity contribution >= 4 is 12.1 Å². The van der Waals surface area contributed by atoms with E-state index in [-0.39, 0.29) is 12.5 Å². The number of para-hydroxylation sites is 2. The van der Waals surface area contributed by atoms with Crippen LogP contribution < -0.4 is 14.9 Å². The highest BCUT2D eigenvalue weighted by Crippen LogP contribution is 2.30. The second-order valence-electron chi connectivity index (χ2n) is 5.18. The van der Waals surface area contributed by atoms with Gasteiger partial charge in [0.1, 0.15) is 6.61 Å². The minimum Gasteiger partial charge on any atom is -0.485 e. The summed E-state index contributed by atoms with van der Waals surface area (Å²) in [5.74, 6) is 0.922. The molecular formula is C18H18N2O3. The van der Waals surface area contributed by atoms with E-state index < -0.39 is 6.10 Å². The monoisotopic (exact) mass is 310 g/mol. The standard InChI is InChI=1S/C18H18N2O3/c21-18(17-13-22-15-10-4-5-11-16(15)23-17)20-19-12-6-9-14-7-2-1-3-8-14/h1-5,7-8,10-12,17H,6,9,13H2,(H,20,21)/b19-12-/t17-/m0/s1. The first-order chi connectivity index (χ1) is 11.3. The Morgan fingerprint density at radius 3 is 2.70 bits per heavy atom. The summed E-state index contributed by atoms with van der Waals surface area (Å²) in [5, 5.41) is 3.96. The fourth-order valence-electron chi connectivity index (χ4n) is 2.27. The van der Waals surface area contributed by atoms with Crippen LogP contribution in [0.25, 0.3) is 0 Å². The highest BCUT2D eigenvalue weighted by molar-refractivity contribution is 5.82. The number of carbonyl (C=O) groups excluding carboxylic acids is 1. The third kappa shape index (κ3) is 4.10. The number of hydrazone groups is 1. The number of nitrogens with zero attached hydrogens (tertiary/aromatic N) is 1. The van der Waals surface area contributed by atoms with Crippen LogP contribution in [0.1, 0.15) is 12.0 Å². The average Bonchev–Trinajstić information content (AvgIpc) is 2.61. The van der Waals surface area contributed by atoms with E-state index in [2.05, 4.69) is 22.7 Å². The summed E-state index contributed by atoms with van der Waals surface area (Å²) in [6.45, 7) is 0.183. The van der Waals surface area contributed by atoms with Crippen LogP contribution in [0.4, 0.5) is 0 Å². The first kappa shape index (κ1) is 15.1. The summed E-state index contributed by atoms with van der Waals surface area (Å²) in [4.78, 5) is 12.0. The van der Waals surface area contributed by atoms with Crippen LogP contribution in [0.15, 0.2) is 59.7 Å². The molecule has 1 N–H and O–H groups in total. The van der Waals surface area contributed by atoms with Crippen molar-refractivity contribution in [3.05, 3.63) is 60.2 Å². The summed E-state index contributed by atoms with van der Waals surface area (Å²) in [5.41, 5.74) is 3.74. The summed E-state index contributed by atoms with van der Waals surface area (Å²) in [6, 6.07) is 17.4.